The summed E-state index contributed by atoms with van der Waals surface area (Å²) in [7, 11) is 0. The van der Waals surface area contributed by atoms with Crippen LogP contribution in [0.25, 0.3) is 0 Å². The van der Waals surface area contributed by atoms with Crippen molar-refractivity contribution in [3.05, 3.63) is 70.7 Å². The van der Waals surface area contributed by atoms with Crippen molar-refractivity contribution in [1.82, 2.24) is 5.32 Å². The van der Waals surface area contributed by atoms with Gasteiger partial charge in [-0.1, -0.05) is 54.1 Å². The molecule has 0 saturated carbocycles. The summed E-state index contributed by atoms with van der Waals surface area (Å²) >= 11 is 5.90. The van der Waals surface area contributed by atoms with E-state index in [0.29, 0.717) is 11.6 Å². The average Bonchev–Trinajstić information content (AvgIpc) is 2.52. The molecule has 2 rings (SSSR count). The predicted molar refractivity (Wildman–Crippen MR) is 92.3 cm³/mol. The van der Waals surface area contributed by atoms with Crippen molar-refractivity contribution in [3.8, 4) is 0 Å². The molecule has 2 aromatic carbocycles. The van der Waals surface area contributed by atoms with Gasteiger partial charge in [0, 0.05) is 11.6 Å². The van der Waals surface area contributed by atoms with Crippen molar-refractivity contribution in [3.63, 3.8) is 0 Å². The van der Waals surface area contributed by atoms with Crippen LogP contribution in [0.2, 0.25) is 5.02 Å². The molecule has 22 heavy (non-hydrogen) atoms. The van der Waals surface area contributed by atoms with Gasteiger partial charge < -0.3 is 5.32 Å². The zero-order chi connectivity index (χ0) is 16.0. The minimum atomic E-state index is -0.558. The lowest BCUT2D eigenvalue weighted by Crippen LogP contribution is -2.40. The van der Waals surface area contributed by atoms with Gasteiger partial charge in [0.05, 0.1) is 5.41 Å². The maximum absolute atomic E-state index is 12.4. The molecule has 0 unspecified atom stereocenters. The number of amides is 1. The smallest absolute Gasteiger partial charge is 0.230 e. The number of rotatable bonds is 6. The molecule has 1 amide bonds. The largest absolute Gasteiger partial charge is 0.355 e. The molecule has 0 radical (unpaired) electrons. The van der Waals surface area contributed by atoms with Gasteiger partial charge in [0.2, 0.25) is 5.91 Å². The lowest BCUT2D eigenvalue weighted by atomic mass is 9.84. The third-order valence-corrected chi connectivity index (χ3v) is 4.16. The highest BCUT2D eigenvalue weighted by Crippen LogP contribution is 2.24. The Morgan fingerprint density at radius 2 is 1.68 bits per heavy atom. The molecule has 0 atom stereocenters. The third kappa shape index (κ3) is 4.35. The van der Waals surface area contributed by atoms with Gasteiger partial charge in [0.1, 0.15) is 0 Å². The summed E-state index contributed by atoms with van der Waals surface area (Å²) in [6.45, 7) is 4.55. The number of benzene rings is 2. The van der Waals surface area contributed by atoms with Crippen molar-refractivity contribution < 1.29 is 4.79 Å². The molecule has 1 N–H and O–H groups in total. The Labute approximate surface area is 137 Å². The molecule has 2 aromatic rings. The van der Waals surface area contributed by atoms with E-state index in [1.54, 1.807) is 0 Å². The van der Waals surface area contributed by atoms with Crippen LogP contribution in [0.1, 0.15) is 31.4 Å². The van der Waals surface area contributed by atoms with Gasteiger partial charge in [-0.25, -0.2) is 0 Å². The molecule has 0 aromatic heterocycles. The molecule has 0 bridgehead atoms. The van der Waals surface area contributed by atoms with E-state index in [1.165, 1.54) is 5.56 Å². The number of hydrogen-bond donors (Lipinski definition) is 1. The van der Waals surface area contributed by atoms with Crippen molar-refractivity contribution in [1.29, 1.82) is 0 Å². The summed E-state index contributed by atoms with van der Waals surface area (Å²) in [5, 5.41) is 3.72. The van der Waals surface area contributed by atoms with E-state index in [1.807, 2.05) is 56.3 Å². The van der Waals surface area contributed by atoms with E-state index < -0.39 is 5.41 Å². The fourth-order valence-electron chi connectivity index (χ4n) is 2.36. The van der Waals surface area contributed by atoms with Gasteiger partial charge in [-0.15, -0.1) is 0 Å². The predicted octanol–water partition coefficient (Wildman–Crippen LogP) is 4.37. The second-order valence-electron chi connectivity index (χ2n) is 5.98. The molecule has 3 heteroatoms. The summed E-state index contributed by atoms with van der Waals surface area (Å²) in [5.41, 5.74) is 1.71. The number of nitrogens with one attached hydrogen (secondary N) is 1. The van der Waals surface area contributed by atoms with Crippen LogP contribution >= 0.6 is 11.6 Å². The van der Waals surface area contributed by atoms with Crippen LogP contribution in [0, 0.1) is 0 Å². The van der Waals surface area contributed by atoms with Crippen molar-refractivity contribution in [2.45, 2.75) is 32.1 Å². The van der Waals surface area contributed by atoms with Crippen LogP contribution in [0.3, 0.4) is 0 Å². The molecule has 0 saturated heterocycles. The van der Waals surface area contributed by atoms with E-state index in [9.17, 15) is 4.79 Å². The van der Waals surface area contributed by atoms with Crippen LogP contribution < -0.4 is 5.32 Å². The lowest BCUT2D eigenvalue weighted by molar-refractivity contribution is -0.125. The van der Waals surface area contributed by atoms with E-state index in [0.717, 1.165) is 18.4 Å². The number of carbonyl (C=O) groups excluding carboxylic acids is 1. The average molecular weight is 316 g/mol. The molecule has 0 aliphatic carbocycles. The SMILES string of the molecule is CC(C)(C(=O)NCCCc1ccccc1)c1ccc(Cl)cc1. The number of halogens is 1. The van der Waals surface area contributed by atoms with Gasteiger partial charge >= 0.3 is 0 Å². The molecule has 0 fully saturated rings. The first kappa shape index (κ1) is 16.6. The van der Waals surface area contributed by atoms with E-state index >= 15 is 0 Å². The minimum absolute atomic E-state index is 0.0443. The van der Waals surface area contributed by atoms with Crippen LogP contribution in [0.4, 0.5) is 0 Å². The number of hydrogen-bond acceptors (Lipinski definition) is 1. The second kappa shape index (κ2) is 7.46. The maximum Gasteiger partial charge on any atom is 0.230 e. The quantitative estimate of drug-likeness (QED) is 0.788. The second-order valence-corrected chi connectivity index (χ2v) is 6.41. The summed E-state index contributed by atoms with van der Waals surface area (Å²) in [4.78, 5) is 12.4. The highest BCUT2D eigenvalue weighted by atomic mass is 35.5. The Hall–Kier alpha value is -1.80. The zero-order valence-electron chi connectivity index (χ0n) is 13.1. The van der Waals surface area contributed by atoms with Gasteiger partial charge in [-0.05, 0) is 49.9 Å². The van der Waals surface area contributed by atoms with Crippen LogP contribution in [0.5, 0.6) is 0 Å². The fraction of sp³-hybridized carbons (Fsp3) is 0.316. The normalized spacial score (nSPS) is 11.2. The molecular weight excluding hydrogens is 294 g/mol. The molecule has 116 valence electrons. The zero-order valence-corrected chi connectivity index (χ0v) is 13.9. The van der Waals surface area contributed by atoms with Gasteiger partial charge in [0.25, 0.3) is 0 Å². The summed E-state index contributed by atoms with van der Waals surface area (Å²) in [6.07, 6.45) is 1.91. The molecular formula is C19H22ClNO. The number of aryl methyl sites for hydroxylation is 1. The van der Waals surface area contributed by atoms with E-state index in [4.69, 9.17) is 11.6 Å². The Morgan fingerprint density at radius 1 is 1.05 bits per heavy atom. The van der Waals surface area contributed by atoms with Gasteiger partial charge in [-0.3, -0.25) is 4.79 Å². The van der Waals surface area contributed by atoms with Crippen LogP contribution in [-0.2, 0) is 16.6 Å². The van der Waals surface area contributed by atoms with Gasteiger partial charge in [-0.2, -0.15) is 0 Å². The standard InChI is InChI=1S/C19H22ClNO/c1-19(2,16-10-12-17(20)13-11-16)18(22)21-14-6-9-15-7-4-3-5-8-15/h3-5,7-8,10-13H,6,9,14H2,1-2H3,(H,21,22). The molecule has 0 heterocycles. The van der Waals surface area contributed by atoms with Crippen molar-refractivity contribution >= 4 is 17.5 Å². The molecule has 2 nitrogen and oxygen atoms in total. The first-order valence-corrected chi connectivity index (χ1v) is 7.96. The summed E-state index contributed by atoms with van der Waals surface area (Å²) in [5.74, 6) is 0.0443. The van der Waals surface area contributed by atoms with Gasteiger partial charge in [0.15, 0.2) is 0 Å². The highest BCUT2D eigenvalue weighted by Gasteiger charge is 2.29. The topological polar surface area (TPSA) is 29.1 Å². The Morgan fingerprint density at radius 3 is 2.32 bits per heavy atom. The first-order valence-electron chi connectivity index (χ1n) is 7.58. The maximum atomic E-state index is 12.4. The third-order valence-electron chi connectivity index (χ3n) is 3.90. The minimum Gasteiger partial charge on any atom is -0.355 e. The first-order chi connectivity index (χ1) is 10.5. The highest BCUT2D eigenvalue weighted by molar-refractivity contribution is 6.30. The number of carbonyl (C=O) groups is 1. The summed E-state index contributed by atoms with van der Waals surface area (Å²) in [6, 6.07) is 17.8. The van der Waals surface area contributed by atoms with Crippen LogP contribution in [-0.4, -0.2) is 12.5 Å². The lowest BCUT2D eigenvalue weighted by Gasteiger charge is -2.24. The monoisotopic (exact) mass is 315 g/mol. The van der Waals surface area contributed by atoms with E-state index in [2.05, 4.69) is 17.4 Å². The van der Waals surface area contributed by atoms with E-state index in [-0.39, 0.29) is 5.91 Å². The Balaban J connectivity index is 1.84. The summed E-state index contributed by atoms with van der Waals surface area (Å²) < 4.78 is 0. The Kier molecular flexibility index (Phi) is 5.62. The van der Waals surface area contributed by atoms with Crippen molar-refractivity contribution in [2.75, 3.05) is 6.54 Å². The molecule has 0 aliphatic heterocycles. The molecule has 0 aliphatic rings. The van der Waals surface area contributed by atoms with Crippen LogP contribution in [0.15, 0.2) is 54.6 Å². The Bertz CT molecular complexity index is 605. The van der Waals surface area contributed by atoms with Crippen molar-refractivity contribution in [2.24, 2.45) is 0 Å². The fourth-order valence-corrected chi connectivity index (χ4v) is 2.48. The molecule has 0 spiro atoms.